The molecular formula is C10H13BrN2O. The van der Waals surface area contributed by atoms with Gasteiger partial charge in [-0.25, -0.2) is 0 Å². The van der Waals surface area contributed by atoms with Crippen molar-refractivity contribution in [2.45, 2.75) is 19.4 Å². The van der Waals surface area contributed by atoms with Crippen LogP contribution in [-0.4, -0.2) is 21.9 Å². The number of hydrogen-bond donors (Lipinski definition) is 0. The van der Waals surface area contributed by atoms with E-state index >= 15 is 0 Å². The Balaban J connectivity index is 2.07. The van der Waals surface area contributed by atoms with Crippen LogP contribution in [-0.2, 0) is 18.4 Å². The second-order valence-electron chi connectivity index (χ2n) is 3.70. The van der Waals surface area contributed by atoms with E-state index in [1.807, 2.05) is 16.5 Å². The van der Waals surface area contributed by atoms with Gasteiger partial charge < -0.3 is 9.47 Å². The molecule has 76 valence electrons. The van der Waals surface area contributed by atoms with E-state index in [2.05, 4.69) is 28.2 Å². The molecule has 1 aliphatic rings. The number of amides is 1. The highest BCUT2D eigenvalue weighted by molar-refractivity contribution is 9.10. The topological polar surface area (TPSA) is 25.2 Å². The van der Waals surface area contributed by atoms with Crippen molar-refractivity contribution >= 4 is 21.8 Å². The Morgan fingerprint density at radius 1 is 1.57 bits per heavy atom. The number of aromatic nitrogens is 1. The fourth-order valence-corrected chi connectivity index (χ4v) is 2.18. The molecule has 0 bridgehead atoms. The molecule has 4 heteroatoms. The molecule has 0 spiro atoms. The largest absolute Gasteiger partial charge is 0.345 e. The molecule has 1 saturated heterocycles. The lowest BCUT2D eigenvalue weighted by Gasteiger charge is -2.13. The molecule has 2 rings (SSSR count). The lowest BCUT2D eigenvalue weighted by Crippen LogP contribution is -2.23. The van der Waals surface area contributed by atoms with Gasteiger partial charge in [0.25, 0.3) is 0 Å². The van der Waals surface area contributed by atoms with Crippen LogP contribution in [0.25, 0.3) is 0 Å². The van der Waals surface area contributed by atoms with Gasteiger partial charge in [0.2, 0.25) is 5.91 Å². The Hall–Kier alpha value is -0.770. The van der Waals surface area contributed by atoms with Crippen molar-refractivity contribution in [1.29, 1.82) is 0 Å². The van der Waals surface area contributed by atoms with Crippen LogP contribution in [0.15, 0.2) is 16.9 Å². The highest BCUT2D eigenvalue weighted by Gasteiger charge is 2.20. The number of halogens is 1. The van der Waals surface area contributed by atoms with Crippen molar-refractivity contribution < 1.29 is 4.79 Å². The van der Waals surface area contributed by atoms with Gasteiger partial charge in [0.15, 0.2) is 0 Å². The number of aryl methyl sites for hydroxylation is 1. The van der Waals surface area contributed by atoms with Gasteiger partial charge in [-0.15, -0.1) is 0 Å². The van der Waals surface area contributed by atoms with Gasteiger partial charge in [-0.3, -0.25) is 4.79 Å². The maximum atomic E-state index is 11.4. The summed E-state index contributed by atoms with van der Waals surface area (Å²) in [6.07, 6.45) is 3.77. The molecular weight excluding hydrogens is 244 g/mol. The lowest BCUT2D eigenvalue weighted by molar-refractivity contribution is -0.128. The number of hydrogen-bond acceptors (Lipinski definition) is 1. The summed E-state index contributed by atoms with van der Waals surface area (Å²) in [4.78, 5) is 13.3. The zero-order valence-electron chi connectivity index (χ0n) is 8.16. The standard InChI is InChI=1S/C10H13BrN2O/c1-12-6-8(5-9(12)11)7-13-4-2-3-10(13)14/h5-6H,2-4,7H2,1H3. The second kappa shape index (κ2) is 3.77. The molecule has 1 amide bonds. The van der Waals surface area contributed by atoms with Gasteiger partial charge >= 0.3 is 0 Å². The van der Waals surface area contributed by atoms with Crippen molar-refractivity contribution in [2.75, 3.05) is 6.54 Å². The van der Waals surface area contributed by atoms with E-state index in [1.165, 1.54) is 5.56 Å². The van der Waals surface area contributed by atoms with Crippen LogP contribution >= 0.6 is 15.9 Å². The summed E-state index contributed by atoms with van der Waals surface area (Å²) < 4.78 is 3.06. The quantitative estimate of drug-likeness (QED) is 0.794. The Morgan fingerprint density at radius 3 is 2.86 bits per heavy atom. The first-order valence-corrected chi connectivity index (χ1v) is 5.54. The number of carbonyl (C=O) groups is 1. The van der Waals surface area contributed by atoms with E-state index in [-0.39, 0.29) is 5.91 Å². The van der Waals surface area contributed by atoms with Gasteiger partial charge in [-0.2, -0.15) is 0 Å². The molecule has 0 unspecified atom stereocenters. The maximum Gasteiger partial charge on any atom is 0.222 e. The fourth-order valence-electron chi connectivity index (χ4n) is 1.78. The summed E-state index contributed by atoms with van der Waals surface area (Å²) in [6, 6.07) is 2.06. The molecule has 1 fully saturated rings. The summed E-state index contributed by atoms with van der Waals surface area (Å²) in [5.74, 6) is 0.282. The SMILES string of the molecule is Cn1cc(CN2CCCC2=O)cc1Br. The van der Waals surface area contributed by atoms with E-state index in [0.717, 1.165) is 24.1 Å². The number of nitrogens with zero attached hydrogens (tertiary/aromatic N) is 2. The lowest BCUT2D eigenvalue weighted by atomic mass is 10.3. The van der Waals surface area contributed by atoms with Gasteiger partial charge in [-0.05, 0) is 34.0 Å². The molecule has 0 radical (unpaired) electrons. The van der Waals surface area contributed by atoms with E-state index in [9.17, 15) is 4.79 Å². The molecule has 1 aromatic rings. The predicted molar refractivity (Wildman–Crippen MR) is 57.8 cm³/mol. The van der Waals surface area contributed by atoms with Crippen molar-refractivity contribution in [3.05, 3.63) is 22.4 Å². The molecule has 2 heterocycles. The summed E-state index contributed by atoms with van der Waals surface area (Å²) in [5, 5.41) is 0. The van der Waals surface area contributed by atoms with Crippen LogP contribution in [0, 0.1) is 0 Å². The minimum atomic E-state index is 0.282. The molecule has 0 aliphatic carbocycles. The third-order valence-electron chi connectivity index (χ3n) is 2.55. The summed E-state index contributed by atoms with van der Waals surface area (Å²) in [6.45, 7) is 1.66. The molecule has 1 aromatic heterocycles. The zero-order valence-corrected chi connectivity index (χ0v) is 9.75. The van der Waals surface area contributed by atoms with Crippen LogP contribution in [0.3, 0.4) is 0 Å². The molecule has 0 aromatic carbocycles. The van der Waals surface area contributed by atoms with Crippen molar-refractivity contribution in [2.24, 2.45) is 7.05 Å². The first kappa shape index (κ1) is 9.77. The number of carbonyl (C=O) groups excluding carboxylic acids is 1. The average Bonchev–Trinajstić information content (AvgIpc) is 2.63. The van der Waals surface area contributed by atoms with E-state index in [1.54, 1.807) is 0 Å². The average molecular weight is 257 g/mol. The Labute approximate surface area is 91.8 Å². The highest BCUT2D eigenvalue weighted by Crippen LogP contribution is 2.18. The molecule has 0 saturated carbocycles. The van der Waals surface area contributed by atoms with Crippen molar-refractivity contribution in [3.63, 3.8) is 0 Å². The third-order valence-corrected chi connectivity index (χ3v) is 3.33. The first-order valence-electron chi connectivity index (χ1n) is 4.75. The third kappa shape index (κ3) is 1.85. The Kier molecular flexibility index (Phi) is 2.63. The fraction of sp³-hybridized carbons (Fsp3) is 0.500. The van der Waals surface area contributed by atoms with E-state index < -0.39 is 0 Å². The van der Waals surface area contributed by atoms with Gasteiger partial charge in [0.1, 0.15) is 0 Å². The second-order valence-corrected chi connectivity index (χ2v) is 4.51. The minimum absolute atomic E-state index is 0.282. The first-order chi connectivity index (χ1) is 6.66. The van der Waals surface area contributed by atoms with Crippen LogP contribution in [0.5, 0.6) is 0 Å². The summed E-state index contributed by atoms with van der Waals surface area (Å²) in [5.41, 5.74) is 1.19. The van der Waals surface area contributed by atoms with Gasteiger partial charge in [0.05, 0.1) is 4.60 Å². The summed E-state index contributed by atoms with van der Waals surface area (Å²) >= 11 is 3.44. The smallest absolute Gasteiger partial charge is 0.222 e. The van der Waals surface area contributed by atoms with Crippen LogP contribution in [0.1, 0.15) is 18.4 Å². The molecule has 0 atom stereocenters. The van der Waals surface area contributed by atoms with Crippen LogP contribution < -0.4 is 0 Å². The van der Waals surface area contributed by atoms with E-state index in [4.69, 9.17) is 0 Å². The van der Waals surface area contributed by atoms with Crippen molar-refractivity contribution in [3.8, 4) is 0 Å². The Bertz CT molecular complexity index is 340. The molecule has 14 heavy (non-hydrogen) atoms. The summed E-state index contributed by atoms with van der Waals surface area (Å²) in [7, 11) is 1.99. The molecule has 3 nitrogen and oxygen atoms in total. The highest BCUT2D eigenvalue weighted by atomic mass is 79.9. The Morgan fingerprint density at radius 2 is 2.36 bits per heavy atom. The monoisotopic (exact) mass is 256 g/mol. The van der Waals surface area contributed by atoms with Crippen LogP contribution in [0.4, 0.5) is 0 Å². The maximum absolute atomic E-state index is 11.4. The van der Waals surface area contributed by atoms with Crippen LogP contribution in [0.2, 0.25) is 0 Å². The number of rotatable bonds is 2. The van der Waals surface area contributed by atoms with Gasteiger partial charge in [0, 0.05) is 32.8 Å². The van der Waals surface area contributed by atoms with E-state index in [0.29, 0.717) is 6.42 Å². The van der Waals surface area contributed by atoms with Crippen molar-refractivity contribution in [1.82, 2.24) is 9.47 Å². The minimum Gasteiger partial charge on any atom is -0.345 e. The molecule has 1 aliphatic heterocycles. The number of likely N-dealkylation sites (tertiary alicyclic amines) is 1. The van der Waals surface area contributed by atoms with Gasteiger partial charge in [-0.1, -0.05) is 0 Å². The molecule has 0 N–H and O–H groups in total. The zero-order chi connectivity index (χ0) is 10.1. The normalized spacial score (nSPS) is 16.7. The predicted octanol–water partition coefficient (Wildman–Crippen LogP) is 1.91.